The Morgan fingerprint density at radius 3 is 2.55 bits per heavy atom. The van der Waals surface area contributed by atoms with E-state index in [9.17, 15) is 4.79 Å². The van der Waals surface area contributed by atoms with Crippen LogP contribution in [0.5, 0.6) is 0 Å². The number of carbonyl (C=O) groups is 1. The lowest BCUT2D eigenvalue weighted by Crippen LogP contribution is -2.46. The molecule has 0 aliphatic rings. The molecule has 5 heteroatoms. The van der Waals surface area contributed by atoms with Crippen LogP contribution in [0.15, 0.2) is 25.2 Å². The molecule has 0 bridgehead atoms. The second-order valence-corrected chi connectivity index (χ2v) is 6.32. The van der Waals surface area contributed by atoms with Crippen molar-refractivity contribution < 1.29 is 9.53 Å². The highest BCUT2D eigenvalue weighted by Crippen LogP contribution is 2.28. The minimum absolute atomic E-state index is 0.353. The fourth-order valence-corrected chi connectivity index (χ4v) is 1.85. The number of allylic oxidation sites excluding steroid dienone is 1. The molecule has 0 aliphatic carbocycles. The molecule has 1 amide bonds. The molecular formula is C15H25N3O2. The number of rotatable bonds is 4. The minimum atomic E-state index is -0.526. The Labute approximate surface area is 121 Å². The lowest BCUT2D eigenvalue weighted by Gasteiger charge is -2.37. The SMILES string of the molecule is C=CCn1cncc1C(C)(C)N(C)C(=O)OC(C)(C)C. The van der Waals surface area contributed by atoms with Gasteiger partial charge in [-0.25, -0.2) is 9.78 Å². The molecule has 5 nitrogen and oxygen atoms in total. The lowest BCUT2D eigenvalue weighted by molar-refractivity contribution is 0.00921. The third-order valence-corrected chi connectivity index (χ3v) is 3.17. The molecule has 0 aromatic carbocycles. The number of nitrogens with zero attached hydrogens (tertiary/aromatic N) is 3. The molecule has 1 rings (SSSR count). The quantitative estimate of drug-likeness (QED) is 0.795. The Kier molecular flexibility index (Phi) is 4.63. The van der Waals surface area contributed by atoms with Gasteiger partial charge in [0.25, 0.3) is 0 Å². The first kappa shape index (κ1) is 16.3. The maximum absolute atomic E-state index is 12.2. The van der Waals surface area contributed by atoms with Crippen LogP contribution in [0.25, 0.3) is 0 Å². The van der Waals surface area contributed by atoms with E-state index in [0.29, 0.717) is 6.54 Å². The molecule has 0 atom stereocenters. The van der Waals surface area contributed by atoms with Crippen molar-refractivity contribution in [3.05, 3.63) is 30.9 Å². The van der Waals surface area contributed by atoms with E-state index in [0.717, 1.165) is 5.69 Å². The number of hydrogen-bond donors (Lipinski definition) is 0. The first-order chi connectivity index (χ1) is 9.09. The Balaban J connectivity index is 2.99. The molecule has 1 aromatic heterocycles. The second-order valence-electron chi connectivity index (χ2n) is 6.32. The highest BCUT2D eigenvalue weighted by atomic mass is 16.6. The fourth-order valence-electron chi connectivity index (χ4n) is 1.85. The Bertz CT molecular complexity index is 484. The van der Waals surface area contributed by atoms with Crippen LogP contribution in [0.4, 0.5) is 4.79 Å². The van der Waals surface area contributed by atoms with Crippen LogP contribution < -0.4 is 0 Å². The molecule has 0 radical (unpaired) electrons. The maximum Gasteiger partial charge on any atom is 0.410 e. The zero-order valence-electron chi connectivity index (χ0n) is 13.3. The van der Waals surface area contributed by atoms with Gasteiger partial charge in [0, 0.05) is 13.6 Å². The molecule has 0 saturated carbocycles. The van der Waals surface area contributed by atoms with Crippen LogP contribution in [0, 0.1) is 0 Å². The van der Waals surface area contributed by atoms with Crippen LogP contribution in [-0.2, 0) is 16.8 Å². The van der Waals surface area contributed by atoms with Crippen molar-refractivity contribution in [1.82, 2.24) is 14.5 Å². The third kappa shape index (κ3) is 3.62. The predicted molar refractivity (Wildman–Crippen MR) is 79.4 cm³/mol. The highest BCUT2D eigenvalue weighted by Gasteiger charge is 2.34. The van der Waals surface area contributed by atoms with Gasteiger partial charge >= 0.3 is 6.09 Å². The molecule has 1 aromatic rings. The van der Waals surface area contributed by atoms with Gasteiger partial charge < -0.3 is 14.2 Å². The van der Waals surface area contributed by atoms with Crippen LogP contribution in [0.2, 0.25) is 0 Å². The van der Waals surface area contributed by atoms with Gasteiger partial charge in [0.2, 0.25) is 0 Å². The Hall–Kier alpha value is -1.78. The van der Waals surface area contributed by atoms with Gasteiger partial charge in [-0.05, 0) is 34.6 Å². The van der Waals surface area contributed by atoms with Gasteiger partial charge in [-0.1, -0.05) is 6.08 Å². The van der Waals surface area contributed by atoms with Gasteiger partial charge in [-0.2, -0.15) is 0 Å². The van der Waals surface area contributed by atoms with Gasteiger partial charge in [0.15, 0.2) is 0 Å². The summed E-state index contributed by atoms with van der Waals surface area (Å²) in [7, 11) is 1.74. The highest BCUT2D eigenvalue weighted by molar-refractivity contribution is 5.69. The monoisotopic (exact) mass is 279 g/mol. The van der Waals surface area contributed by atoms with E-state index >= 15 is 0 Å². The predicted octanol–water partition coefficient (Wildman–Crippen LogP) is 3.17. The summed E-state index contributed by atoms with van der Waals surface area (Å²) in [6.45, 7) is 13.9. The van der Waals surface area contributed by atoms with Crippen molar-refractivity contribution in [2.45, 2.75) is 52.3 Å². The summed E-state index contributed by atoms with van der Waals surface area (Å²) in [4.78, 5) is 18.0. The molecule has 0 fully saturated rings. The summed E-state index contributed by atoms with van der Waals surface area (Å²) >= 11 is 0. The average molecular weight is 279 g/mol. The lowest BCUT2D eigenvalue weighted by atomic mass is 9.99. The minimum Gasteiger partial charge on any atom is -0.444 e. The van der Waals surface area contributed by atoms with E-state index in [1.807, 2.05) is 39.2 Å². The molecule has 0 spiro atoms. The summed E-state index contributed by atoms with van der Waals surface area (Å²) in [6, 6.07) is 0. The Morgan fingerprint density at radius 1 is 1.45 bits per heavy atom. The van der Waals surface area contributed by atoms with Crippen LogP contribution >= 0.6 is 0 Å². The molecule has 112 valence electrons. The van der Waals surface area contributed by atoms with E-state index in [1.54, 1.807) is 30.5 Å². The summed E-state index contributed by atoms with van der Waals surface area (Å²) in [5.74, 6) is 0. The third-order valence-electron chi connectivity index (χ3n) is 3.17. The van der Waals surface area contributed by atoms with Crippen LogP contribution in [0.3, 0.4) is 0 Å². The van der Waals surface area contributed by atoms with Crippen molar-refractivity contribution in [1.29, 1.82) is 0 Å². The van der Waals surface area contributed by atoms with Crippen LogP contribution in [-0.4, -0.2) is 33.2 Å². The fraction of sp³-hybridized carbons (Fsp3) is 0.600. The summed E-state index contributed by atoms with van der Waals surface area (Å²) < 4.78 is 7.39. The summed E-state index contributed by atoms with van der Waals surface area (Å²) in [6.07, 6.45) is 4.95. The molecule has 20 heavy (non-hydrogen) atoms. The van der Waals surface area contributed by atoms with Crippen molar-refractivity contribution in [2.24, 2.45) is 0 Å². The molecule has 0 N–H and O–H groups in total. The van der Waals surface area contributed by atoms with Crippen molar-refractivity contribution in [3.63, 3.8) is 0 Å². The van der Waals surface area contributed by atoms with Crippen molar-refractivity contribution >= 4 is 6.09 Å². The molecule has 0 aliphatic heterocycles. The van der Waals surface area contributed by atoms with E-state index in [1.165, 1.54) is 0 Å². The van der Waals surface area contributed by atoms with Gasteiger partial charge in [-0.3, -0.25) is 0 Å². The number of hydrogen-bond acceptors (Lipinski definition) is 3. The molecule has 0 unspecified atom stereocenters. The standard InChI is InChI=1S/C15H25N3O2/c1-8-9-18-11-16-10-12(18)15(5,6)17(7)13(19)20-14(2,3)4/h8,10-11H,1,9H2,2-7H3. The molecular weight excluding hydrogens is 254 g/mol. The second kappa shape index (κ2) is 5.69. The maximum atomic E-state index is 12.2. The van der Waals surface area contributed by atoms with E-state index in [2.05, 4.69) is 11.6 Å². The molecule has 0 saturated heterocycles. The van der Waals surface area contributed by atoms with E-state index in [4.69, 9.17) is 4.74 Å². The summed E-state index contributed by atoms with van der Waals surface area (Å²) in [5.41, 5.74) is -0.101. The average Bonchev–Trinajstić information content (AvgIpc) is 2.75. The first-order valence-corrected chi connectivity index (χ1v) is 6.68. The number of amides is 1. The first-order valence-electron chi connectivity index (χ1n) is 6.68. The van der Waals surface area contributed by atoms with Gasteiger partial charge in [0.1, 0.15) is 5.60 Å². The van der Waals surface area contributed by atoms with E-state index < -0.39 is 11.1 Å². The van der Waals surface area contributed by atoms with Crippen LogP contribution in [0.1, 0.15) is 40.3 Å². The number of aromatic nitrogens is 2. The smallest absolute Gasteiger partial charge is 0.410 e. The zero-order valence-corrected chi connectivity index (χ0v) is 13.3. The Morgan fingerprint density at radius 2 is 2.05 bits per heavy atom. The van der Waals surface area contributed by atoms with Crippen molar-refractivity contribution in [2.75, 3.05) is 7.05 Å². The normalized spacial score (nSPS) is 12.1. The number of imidazole rings is 1. The topological polar surface area (TPSA) is 47.4 Å². The van der Waals surface area contributed by atoms with Crippen molar-refractivity contribution in [3.8, 4) is 0 Å². The van der Waals surface area contributed by atoms with Gasteiger partial charge in [0.05, 0.1) is 23.8 Å². The van der Waals surface area contributed by atoms with E-state index in [-0.39, 0.29) is 6.09 Å². The van der Waals surface area contributed by atoms with Gasteiger partial charge in [-0.15, -0.1) is 6.58 Å². The largest absolute Gasteiger partial charge is 0.444 e. The zero-order chi connectivity index (χ0) is 15.6. The summed E-state index contributed by atoms with van der Waals surface area (Å²) in [5, 5.41) is 0. The number of ether oxygens (including phenoxy) is 1. The number of carbonyl (C=O) groups excluding carboxylic acids is 1. The molecule has 1 heterocycles.